The normalized spacial score (nSPS) is 53.1. The number of hydrogen-bond donors (Lipinski definition) is 0. The van der Waals surface area contributed by atoms with Gasteiger partial charge in [0.15, 0.2) is 0 Å². The zero-order valence-electron chi connectivity index (χ0n) is 14.0. The molecule has 7 atom stereocenters. The molecule has 0 amide bonds. The Balaban J connectivity index is 1.58. The van der Waals surface area contributed by atoms with Crippen LogP contribution < -0.4 is 0 Å². The molecule has 0 aromatic carbocycles. The fourth-order valence-corrected chi connectivity index (χ4v) is 6.90. The number of hydrogen-bond acceptors (Lipinski definition) is 1. The molecule has 3 fully saturated rings. The van der Waals surface area contributed by atoms with Gasteiger partial charge in [-0.15, -0.1) is 0 Å². The van der Waals surface area contributed by atoms with E-state index in [0.29, 0.717) is 10.8 Å². The summed E-state index contributed by atoms with van der Waals surface area (Å²) < 4.78 is 0. The van der Waals surface area contributed by atoms with Gasteiger partial charge in [-0.1, -0.05) is 31.1 Å². The van der Waals surface area contributed by atoms with Crippen molar-refractivity contribution >= 4 is 0 Å². The van der Waals surface area contributed by atoms with Crippen LogP contribution in [0.15, 0.2) is 17.3 Å². The lowest BCUT2D eigenvalue weighted by Crippen LogP contribution is -2.53. The molecule has 120 valence electrons. The van der Waals surface area contributed by atoms with Gasteiger partial charge in [-0.25, -0.2) is 0 Å². The molecule has 0 radical (unpaired) electrons. The van der Waals surface area contributed by atoms with Crippen molar-refractivity contribution in [3.63, 3.8) is 0 Å². The average molecular weight is 299 g/mol. The van der Waals surface area contributed by atoms with Crippen molar-refractivity contribution in [1.82, 2.24) is 0 Å². The van der Waals surface area contributed by atoms with Crippen LogP contribution in [0.2, 0.25) is 0 Å². The molecular weight excluding hydrogens is 270 g/mol. The highest BCUT2D eigenvalue weighted by Crippen LogP contribution is 2.65. The quantitative estimate of drug-likeness (QED) is 0.251. The highest BCUT2D eigenvalue weighted by molar-refractivity contribution is 5.16. The van der Waals surface area contributed by atoms with Crippen LogP contribution in [-0.4, -0.2) is 6.04 Å². The van der Waals surface area contributed by atoms with Crippen molar-refractivity contribution in [2.45, 2.75) is 71.3 Å². The Morgan fingerprint density at radius 1 is 1.09 bits per heavy atom. The summed E-state index contributed by atoms with van der Waals surface area (Å²) in [6.07, 6.45) is 15.4. The van der Waals surface area contributed by atoms with Crippen molar-refractivity contribution in [2.24, 2.45) is 39.6 Å². The Bertz CT molecular complexity index is 535. The molecule has 3 heteroatoms. The summed E-state index contributed by atoms with van der Waals surface area (Å²) in [5.41, 5.74) is 9.75. The Morgan fingerprint density at radius 2 is 1.95 bits per heavy atom. The third-order valence-corrected chi connectivity index (χ3v) is 8.18. The summed E-state index contributed by atoms with van der Waals surface area (Å²) in [7, 11) is 0. The lowest BCUT2D eigenvalue weighted by Gasteiger charge is -2.60. The molecule has 0 N–H and O–H groups in total. The van der Waals surface area contributed by atoms with E-state index in [1.165, 1.54) is 38.5 Å². The SMILES string of the molecule is CC12C=CCC1C1CC[C@H]3C[C@H](N=[N+]=[N-])CCC3(C)C1CC2. The maximum atomic E-state index is 8.75. The minimum absolute atomic E-state index is 0.265. The minimum atomic E-state index is 0.265. The Kier molecular flexibility index (Phi) is 3.34. The van der Waals surface area contributed by atoms with E-state index >= 15 is 0 Å². The molecule has 0 heterocycles. The number of fused-ring (bicyclic) bond motifs is 5. The maximum Gasteiger partial charge on any atom is 0.0377 e. The van der Waals surface area contributed by atoms with Gasteiger partial charge >= 0.3 is 0 Å². The minimum Gasteiger partial charge on any atom is -0.0906 e. The van der Waals surface area contributed by atoms with Gasteiger partial charge in [-0.05, 0) is 91.4 Å². The summed E-state index contributed by atoms with van der Waals surface area (Å²) in [4.78, 5) is 3.07. The van der Waals surface area contributed by atoms with Gasteiger partial charge in [-0.3, -0.25) is 0 Å². The molecule has 0 aromatic rings. The van der Waals surface area contributed by atoms with Crippen molar-refractivity contribution in [2.75, 3.05) is 0 Å². The third-order valence-electron chi connectivity index (χ3n) is 8.18. The predicted octanol–water partition coefficient (Wildman–Crippen LogP) is 5.87. The van der Waals surface area contributed by atoms with Gasteiger partial charge in [0, 0.05) is 11.0 Å². The monoisotopic (exact) mass is 299 g/mol. The molecule has 0 aromatic heterocycles. The van der Waals surface area contributed by atoms with E-state index in [1.807, 2.05) is 0 Å². The zero-order valence-corrected chi connectivity index (χ0v) is 14.0. The maximum absolute atomic E-state index is 8.75. The van der Waals surface area contributed by atoms with Crippen LogP contribution in [0.4, 0.5) is 0 Å². The summed E-state index contributed by atoms with van der Waals surface area (Å²) in [6, 6.07) is 0.265. The van der Waals surface area contributed by atoms with Gasteiger partial charge in [0.25, 0.3) is 0 Å². The average Bonchev–Trinajstić information content (AvgIpc) is 2.89. The Hall–Kier alpha value is -0.950. The number of rotatable bonds is 1. The summed E-state index contributed by atoms with van der Waals surface area (Å²) in [5.74, 6) is 3.54. The largest absolute Gasteiger partial charge is 0.0906 e. The lowest BCUT2D eigenvalue weighted by molar-refractivity contribution is -0.0995. The molecule has 0 bridgehead atoms. The number of azide groups is 1. The third kappa shape index (κ3) is 1.98. The molecule has 0 saturated heterocycles. The van der Waals surface area contributed by atoms with Gasteiger partial charge in [0.1, 0.15) is 0 Å². The van der Waals surface area contributed by atoms with Crippen LogP contribution in [0.1, 0.15) is 65.2 Å². The van der Waals surface area contributed by atoms with Gasteiger partial charge in [0.2, 0.25) is 0 Å². The van der Waals surface area contributed by atoms with E-state index in [0.717, 1.165) is 36.5 Å². The van der Waals surface area contributed by atoms with Crippen molar-refractivity contribution in [1.29, 1.82) is 0 Å². The molecule has 3 saturated carbocycles. The second-order valence-corrected chi connectivity index (χ2v) is 8.97. The Labute approximate surface area is 134 Å². The highest BCUT2D eigenvalue weighted by Gasteiger charge is 2.56. The molecule has 4 aliphatic rings. The van der Waals surface area contributed by atoms with Crippen molar-refractivity contribution in [3.05, 3.63) is 22.6 Å². The van der Waals surface area contributed by atoms with E-state index in [9.17, 15) is 0 Å². The van der Waals surface area contributed by atoms with Gasteiger partial charge < -0.3 is 0 Å². The second-order valence-electron chi connectivity index (χ2n) is 8.97. The van der Waals surface area contributed by atoms with E-state index in [4.69, 9.17) is 5.53 Å². The smallest absolute Gasteiger partial charge is 0.0377 e. The topological polar surface area (TPSA) is 48.8 Å². The number of nitrogens with zero attached hydrogens (tertiary/aromatic N) is 3. The molecular formula is C19H29N3. The van der Waals surface area contributed by atoms with Crippen LogP contribution in [0.25, 0.3) is 10.4 Å². The second kappa shape index (κ2) is 5.03. The molecule has 4 aliphatic carbocycles. The fourth-order valence-electron chi connectivity index (χ4n) is 6.90. The van der Waals surface area contributed by atoms with Gasteiger partial charge in [0.05, 0.1) is 0 Å². The standard InChI is InChI=1S/C19H29N3/c1-18-9-3-4-16(18)15-6-5-13-12-14(21-22-20)7-11-19(13,2)17(15)8-10-18/h3,9,13-17H,4-8,10-12H2,1-2H3/t13-,14+,15?,16?,17?,18?,19?/m0/s1. The van der Waals surface area contributed by atoms with Crippen molar-refractivity contribution in [3.8, 4) is 0 Å². The molecule has 22 heavy (non-hydrogen) atoms. The summed E-state index contributed by atoms with van der Waals surface area (Å²) in [5, 5.41) is 4.04. The molecule has 4 rings (SSSR count). The van der Waals surface area contributed by atoms with Crippen LogP contribution in [0, 0.1) is 34.5 Å². The Morgan fingerprint density at radius 3 is 2.77 bits per heavy atom. The van der Waals surface area contributed by atoms with E-state index < -0.39 is 0 Å². The summed E-state index contributed by atoms with van der Waals surface area (Å²) >= 11 is 0. The first-order valence-electron chi connectivity index (χ1n) is 9.29. The van der Waals surface area contributed by atoms with E-state index in [2.05, 4.69) is 36.0 Å². The first-order valence-corrected chi connectivity index (χ1v) is 9.29. The molecule has 3 nitrogen and oxygen atoms in total. The van der Waals surface area contributed by atoms with Crippen LogP contribution >= 0.6 is 0 Å². The molecule has 0 aliphatic heterocycles. The lowest BCUT2D eigenvalue weighted by atomic mass is 9.45. The van der Waals surface area contributed by atoms with Gasteiger partial charge in [-0.2, -0.15) is 0 Å². The van der Waals surface area contributed by atoms with E-state index in [-0.39, 0.29) is 6.04 Å². The van der Waals surface area contributed by atoms with Crippen LogP contribution in [0.3, 0.4) is 0 Å². The van der Waals surface area contributed by atoms with Crippen LogP contribution in [-0.2, 0) is 0 Å². The number of allylic oxidation sites excluding steroid dienone is 2. The zero-order chi connectivity index (χ0) is 15.4. The van der Waals surface area contributed by atoms with E-state index in [1.54, 1.807) is 0 Å². The fraction of sp³-hybridized carbons (Fsp3) is 0.895. The van der Waals surface area contributed by atoms with Crippen molar-refractivity contribution < 1.29 is 0 Å². The summed E-state index contributed by atoms with van der Waals surface area (Å²) in [6.45, 7) is 5.08. The first-order chi connectivity index (χ1) is 10.6. The highest BCUT2D eigenvalue weighted by atomic mass is 15.1. The first kappa shape index (κ1) is 14.6. The van der Waals surface area contributed by atoms with Crippen LogP contribution in [0.5, 0.6) is 0 Å². The predicted molar refractivity (Wildman–Crippen MR) is 89.2 cm³/mol. The molecule has 0 spiro atoms. The molecule has 5 unspecified atom stereocenters.